The molecule has 0 saturated carbocycles. The summed E-state index contributed by atoms with van der Waals surface area (Å²) in [7, 11) is 0. The van der Waals surface area contributed by atoms with Gasteiger partial charge < -0.3 is 10.1 Å². The minimum absolute atomic E-state index is 0.142. The lowest BCUT2D eigenvalue weighted by Gasteiger charge is -2.21. The minimum atomic E-state index is -0.142. The van der Waals surface area contributed by atoms with E-state index in [4.69, 9.17) is 4.74 Å². The summed E-state index contributed by atoms with van der Waals surface area (Å²) in [5.41, 5.74) is 1.08. The molecule has 1 aliphatic heterocycles. The van der Waals surface area contributed by atoms with Gasteiger partial charge in [-0.15, -0.1) is 0 Å². The molecular weight excluding hydrogens is 241 g/mol. The second-order valence-corrected chi connectivity index (χ2v) is 5.38. The van der Waals surface area contributed by atoms with E-state index in [9.17, 15) is 4.39 Å². The van der Waals surface area contributed by atoms with Gasteiger partial charge in [-0.3, -0.25) is 0 Å². The third-order valence-electron chi connectivity index (χ3n) is 3.72. The van der Waals surface area contributed by atoms with Gasteiger partial charge in [-0.25, -0.2) is 4.39 Å². The lowest BCUT2D eigenvalue weighted by Crippen LogP contribution is -2.27. The van der Waals surface area contributed by atoms with Crippen LogP contribution in [0, 0.1) is 11.7 Å². The summed E-state index contributed by atoms with van der Waals surface area (Å²) in [5.74, 6) is 0.377. The first-order valence-corrected chi connectivity index (χ1v) is 7.34. The molecule has 0 amide bonds. The average Bonchev–Trinajstić information content (AvgIpc) is 2.89. The fraction of sp³-hybridized carbons (Fsp3) is 0.625. The Labute approximate surface area is 115 Å². The molecule has 19 heavy (non-hydrogen) atoms. The summed E-state index contributed by atoms with van der Waals surface area (Å²) in [4.78, 5) is 0. The number of nitrogens with one attached hydrogen (secondary N) is 1. The SMILES string of the molecule is CCNCC(Cc1cccc(F)c1)CC1CCCO1. The van der Waals surface area contributed by atoms with Crippen molar-refractivity contribution in [2.75, 3.05) is 19.7 Å². The molecule has 1 aliphatic rings. The number of hydrogen-bond donors (Lipinski definition) is 1. The zero-order valence-corrected chi connectivity index (χ0v) is 11.7. The quantitative estimate of drug-likeness (QED) is 0.817. The van der Waals surface area contributed by atoms with Crippen molar-refractivity contribution in [3.05, 3.63) is 35.6 Å². The van der Waals surface area contributed by atoms with Crippen molar-refractivity contribution in [2.24, 2.45) is 5.92 Å². The maximum absolute atomic E-state index is 13.2. The summed E-state index contributed by atoms with van der Waals surface area (Å²) < 4.78 is 19.0. The van der Waals surface area contributed by atoms with Crippen LogP contribution >= 0.6 is 0 Å². The van der Waals surface area contributed by atoms with E-state index in [0.29, 0.717) is 12.0 Å². The maximum atomic E-state index is 13.2. The molecule has 3 heteroatoms. The zero-order valence-electron chi connectivity index (χ0n) is 11.7. The topological polar surface area (TPSA) is 21.3 Å². The van der Waals surface area contributed by atoms with E-state index < -0.39 is 0 Å². The molecule has 2 nitrogen and oxygen atoms in total. The van der Waals surface area contributed by atoms with Crippen LogP contribution in [0.15, 0.2) is 24.3 Å². The number of ether oxygens (including phenoxy) is 1. The fourth-order valence-corrected chi connectivity index (χ4v) is 2.79. The summed E-state index contributed by atoms with van der Waals surface area (Å²) in [6.07, 6.45) is 4.75. The van der Waals surface area contributed by atoms with Gasteiger partial charge in [0.15, 0.2) is 0 Å². The first kappa shape index (κ1) is 14.5. The predicted molar refractivity (Wildman–Crippen MR) is 75.7 cm³/mol. The Balaban J connectivity index is 1.92. The third kappa shape index (κ3) is 4.92. The van der Waals surface area contributed by atoms with E-state index in [-0.39, 0.29) is 5.82 Å². The van der Waals surface area contributed by atoms with Crippen molar-refractivity contribution in [3.63, 3.8) is 0 Å². The lowest BCUT2D eigenvalue weighted by molar-refractivity contribution is 0.0893. The van der Waals surface area contributed by atoms with Crippen molar-refractivity contribution >= 4 is 0 Å². The summed E-state index contributed by atoms with van der Waals surface area (Å²) in [6, 6.07) is 6.95. The Morgan fingerprint density at radius 3 is 3.05 bits per heavy atom. The molecule has 0 radical (unpaired) electrons. The van der Waals surface area contributed by atoms with E-state index in [1.54, 1.807) is 12.1 Å². The van der Waals surface area contributed by atoms with Crippen molar-refractivity contribution in [2.45, 2.75) is 38.7 Å². The van der Waals surface area contributed by atoms with Gasteiger partial charge >= 0.3 is 0 Å². The van der Waals surface area contributed by atoms with Crippen LogP contribution in [0.25, 0.3) is 0 Å². The first-order valence-electron chi connectivity index (χ1n) is 7.34. The molecular formula is C16H24FNO. The van der Waals surface area contributed by atoms with Gasteiger partial charge in [-0.2, -0.15) is 0 Å². The first-order chi connectivity index (χ1) is 9.28. The standard InChI is InChI=1S/C16H24FNO/c1-2-18-12-14(11-16-7-4-8-19-16)9-13-5-3-6-15(17)10-13/h3,5-6,10,14,16,18H,2,4,7-9,11-12H2,1H3. The maximum Gasteiger partial charge on any atom is 0.123 e. The second kappa shape index (κ2) is 7.61. The van der Waals surface area contributed by atoms with Crippen LogP contribution in [0.1, 0.15) is 31.7 Å². The van der Waals surface area contributed by atoms with Crippen molar-refractivity contribution in [1.82, 2.24) is 5.32 Å². The molecule has 2 unspecified atom stereocenters. The Bertz CT molecular complexity index is 377. The predicted octanol–water partition coefficient (Wildman–Crippen LogP) is 3.16. The van der Waals surface area contributed by atoms with E-state index in [2.05, 4.69) is 12.2 Å². The second-order valence-electron chi connectivity index (χ2n) is 5.38. The van der Waals surface area contributed by atoms with Crippen LogP contribution < -0.4 is 5.32 Å². The van der Waals surface area contributed by atoms with E-state index in [1.165, 1.54) is 18.9 Å². The molecule has 0 aliphatic carbocycles. The third-order valence-corrected chi connectivity index (χ3v) is 3.72. The van der Waals surface area contributed by atoms with Gasteiger partial charge in [-0.05, 0) is 62.4 Å². The van der Waals surface area contributed by atoms with Crippen molar-refractivity contribution in [3.8, 4) is 0 Å². The van der Waals surface area contributed by atoms with Crippen LogP contribution in [0.3, 0.4) is 0 Å². The molecule has 1 fully saturated rings. The summed E-state index contributed by atoms with van der Waals surface area (Å²) >= 11 is 0. The van der Waals surface area contributed by atoms with Crippen LogP contribution in [-0.2, 0) is 11.2 Å². The van der Waals surface area contributed by atoms with Crippen LogP contribution in [0.4, 0.5) is 4.39 Å². The van der Waals surface area contributed by atoms with E-state index in [1.807, 2.05) is 6.07 Å². The summed E-state index contributed by atoms with van der Waals surface area (Å²) in [6.45, 7) is 4.97. The number of benzene rings is 1. The number of hydrogen-bond acceptors (Lipinski definition) is 2. The van der Waals surface area contributed by atoms with Crippen LogP contribution in [-0.4, -0.2) is 25.8 Å². The molecule has 106 valence electrons. The molecule has 1 aromatic carbocycles. The highest BCUT2D eigenvalue weighted by Crippen LogP contribution is 2.22. The molecule has 1 saturated heterocycles. The van der Waals surface area contributed by atoms with Crippen molar-refractivity contribution in [1.29, 1.82) is 0 Å². The fourth-order valence-electron chi connectivity index (χ4n) is 2.79. The Morgan fingerprint density at radius 1 is 1.47 bits per heavy atom. The summed E-state index contributed by atoms with van der Waals surface area (Å²) in [5, 5.41) is 3.41. The molecule has 2 rings (SSSR count). The van der Waals surface area contributed by atoms with Gasteiger partial charge in [0, 0.05) is 6.61 Å². The Kier molecular flexibility index (Phi) is 5.80. The Hall–Kier alpha value is -0.930. The van der Waals surface area contributed by atoms with Gasteiger partial charge in [0.2, 0.25) is 0 Å². The molecule has 1 heterocycles. The lowest BCUT2D eigenvalue weighted by atomic mass is 9.92. The monoisotopic (exact) mass is 265 g/mol. The average molecular weight is 265 g/mol. The highest BCUT2D eigenvalue weighted by Gasteiger charge is 2.21. The van der Waals surface area contributed by atoms with Crippen molar-refractivity contribution < 1.29 is 9.13 Å². The molecule has 1 aromatic rings. The molecule has 0 bridgehead atoms. The van der Waals surface area contributed by atoms with Gasteiger partial charge in [0.25, 0.3) is 0 Å². The Morgan fingerprint density at radius 2 is 2.37 bits per heavy atom. The molecule has 0 spiro atoms. The van der Waals surface area contributed by atoms with E-state index in [0.717, 1.165) is 38.1 Å². The molecule has 2 atom stereocenters. The highest BCUT2D eigenvalue weighted by molar-refractivity contribution is 5.17. The van der Waals surface area contributed by atoms with Gasteiger partial charge in [-0.1, -0.05) is 19.1 Å². The molecule has 0 aromatic heterocycles. The highest BCUT2D eigenvalue weighted by atomic mass is 19.1. The normalized spacial score (nSPS) is 20.6. The smallest absolute Gasteiger partial charge is 0.123 e. The minimum Gasteiger partial charge on any atom is -0.378 e. The number of halogens is 1. The van der Waals surface area contributed by atoms with Gasteiger partial charge in [0.1, 0.15) is 5.82 Å². The van der Waals surface area contributed by atoms with Crippen LogP contribution in [0.5, 0.6) is 0 Å². The zero-order chi connectivity index (χ0) is 13.5. The molecule has 1 N–H and O–H groups in total. The largest absolute Gasteiger partial charge is 0.378 e. The van der Waals surface area contributed by atoms with Gasteiger partial charge in [0.05, 0.1) is 6.10 Å². The number of rotatable bonds is 7. The van der Waals surface area contributed by atoms with E-state index >= 15 is 0 Å². The van der Waals surface area contributed by atoms with Crippen LogP contribution in [0.2, 0.25) is 0 Å².